The molecule has 2 rings (SSSR count). The molecule has 11 heavy (non-hydrogen) atoms. The van der Waals surface area contributed by atoms with E-state index in [2.05, 4.69) is 42.9 Å². The standard InChI is InChI=1S/C8H5Br2N/c9-6-2-1-5-3-4-11-8(5)7(6)10/h1-4,11H. The van der Waals surface area contributed by atoms with Crippen LogP contribution >= 0.6 is 31.9 Å². The van der Waals surface area contributed by atoms with Crippen LogP contribution in [0.3, 0.4) is 0 Å². The molecule has 0 spiro atoms. The Morgan fingerprint density at radius 3 is 2.73 bits per heavy atom. The van der Waals surface area contributed by atoms with Crippen LogP contribution in [0.2, 0.25) is 0 Å². The van der Waals surface area contributed by atoms with Crippen molar-refractivity contribution in [3.63, 3.8) is 0 Å². The molecule has 56 valence electrons. The van der Waals surface area contributed by atoms with Gasteiger partial charge < -0.3 is 4.98 Å². The van der Waals surface area contributed by atoms with Gasteiger partial charge in [0.15, 0.2) is 0 Å². The second-order valence-corrected chi connectivity index (χ2v) is 3.95. The number of nitrogens with one attached hydrogen (secondary N) is 1. The monoisotopic (exact) mass is 273 g/mol. The largest absolute Gasteiger partial charge is 0.360 e. The summed E-state index contributed by atoms with van der Waals surface area (Å²) in [6.07, 6.45) is 1.93. The van der Waals surface area contributed by atoms with E-state index in [0.717, 1.165) is 14.5 Å². The number of hydrogen-bond donors (Lipinski definition) is 1. The van der Waals surface area contributed by atoms with Gasteiger partial charge in [0.05, 0.1) is 9.99 Å². The number of aromatic amines is 1. The molecular weight excluding hydrogens is 270 g/mol. The Kier molecular flexibility index (Phi) is 1.77. The van der Waals surface area contributed by atoms with Crippen molar-refractivity contribution in [2.75, 3.05) is 0 Å². The highest BCUT2D eigenvalue weighted by atomic mass is 79.9. The topological polar surface area (TPSA) is 15.8 Å². The maximum absolute atomic E-state index is 3.48. The third-order valence-electron chi connectivity index (χ3n) is 1.62. The Balaban J connectivity index is 2.93. The number of H-pyrrole nitrogens is 1. The Bertz CT molecular complexity index is 392. The summed E-state index contributed by atoms with van der Waals surface area (Å²) in [6.45, 7) is 0. The van der Waals surface area contributed by atoms with Crippen LogP contribution in [0.25, 0.3) is 10.9 Å². The van der Waals surface area contributed by atoms with E-state index >= 15 is 0 Å². The van der Waals surface area contributed by atoms with E-state index in [1.165, 1.54) is 5.39 Å². The fourth-order valence-corrected chi connectivity index (χ4v) is 1.87. The van der Waals surface area contributed by atoms with Gasteiger partial charge in [-0.15, -0.1) is 0 Å². The van der Waals surface area contributed by atoms with Gasteiger partial charge in [0.1, 0.15) is 0 Å². The number of halogens is 2. The first-order valence-corrected chi connectivity index (χ1v) is 4.79. The van der Waals surface area contributed by atoms with Gasteiger partial charge in [-0.05, 0) is 44.0 Å². The van der Waals surface area contributed by atoms with Crippen molar-refractivity contribution in [3.8, 4) is 0 Å². The Hall–Kier alpha value is -0.280. The molecule has 2 aromatic rings. The number of rotatable bonds is 0. The molecule has 0 radical (unpaired) electrons. The molecule has 0 aliphatic rings. The fourth-order valence-electron chi connectivity index (χ4n) is 1.07. The quantitative estimate of drug-likeness (QED) is 0.754. The van der Waals surface area contributed by atoms with Gasteiger partial charge in [-0.25, -0.2) is 0 Å². The van der Waals surface area contributed by atoms with Gasteiger partial charge in [-0.3, -0.25) is 0 Å². The number of hydrogen-bond acceptors (Lipinski definition) is 0. The summed E-state index contributed by atoms with van der Waals surface area (Å²) in [5.41, 5.74) is 1.14. The maximum Gasteiger partial charge on any atom is 0.0609 e. The molecule has 0 saturated carbocycles. The highest BCUT2D eigenvalue weighted by Gasteiger charge is 2.01. The lowest BCUT2D eigenvalue weighted by Gasteiger charge is -1.96. The van der Waals surface area contributed by atoms with Crippen LogP contribution in [-0.4, -0.2) is 4.98 Å². The van der Waals surface area contributed by atoms with E-state index in [9.17, 15) is 0 Å². The first-order chi connectivity index (χ1) is 5.29. The summed E-state index contributed by atoms with van der Waals surface area (Å²) in [6, 6.07) is 6.15. The van der Waals surface area contributed by atoms with Crippen LogP contribution in [0.15, 0.2) is 33.3 Å². The minimum atomic E-state index is 1.08. The van der Waals surface area contributed by atoms with Gasteiger partial charge in [0.25, 0.3) is 0 Å². The van der Waals surface area contributed by atoms with Crippen molar-refractivity contribution in [1.29, 1.82) is 0 Å². The van der Waals surface area contributed by atoms with Crippen molar-refractivity contribution >= 4 is 42.8 Å². The second kappa shape index (κ2) is 2.64. The summed E-state index contributed by atoms with van der Waals surface area (Å²) in [5.74, 6) is 0. The molecule has 0 unspecified atom stereocenters. The summed E-state index contributed by atoms with van der Waals surface area (Å²) in [4.78, 5) is 3.15. The molecule has 0 amide bonds. The molecule has 1 nitrogen and oxygen atoms in total. The molecular formula is C8H5Br2N. The smallest absolute Gasteiger partial charge is 0.0609 e. The maximum atomic E-state index is 3.48. The highest BCUT2D eigenvalue weighted by molar-refractivity contribution is 9.13. The van der Waals surface area contributed by atoms with Gasteiger partial charge in [0.2, 0.25) is 0 Å². The lowest BCUT2D eigenvalue weighted by Crippen LogP contribution is -1.72. The molecule has 0 fully saturated rings. The number of benzene rings is 1. The predicted molar refractivity (Wildman–Crippen MR) is 53.7 cm³/mol. The van der Waals surface area contributed by atoms with Gasteiger partial charge >= 0.3 is 0 Å². The third kappa shape index (κ3) is 1.12. The molecule has 1 aromatic carbocycles. The van der Waals surface area contributed by atoms with Crippen molar-refractivity contribution in [2.45, 2.75) is 0 Å². The zero-order valence-corrected chi connectivity index (χ0v) is 8.74. The summed E-state index contributed by atoms with van der Waals surface area (Å²) >= 11 is 6.92. The van der Waals surface area contributed by atoms with Crippen LogP contribution in [0, 0.1) is 0 Å². The van der Waals surface area contributed by atoms with E-state index < -0.39 is 0 Å². The molecule has 1 aromatic heterocycles. The molecule has 1 heterocycles. The Labute approximate surface area is 81.1 Å². The van der Waals surface area contributed by atoms with E-state index in [1.807, 2.05) is 18.3 Å². The highest BCUT2D eigenvalue weighted by Crippen LogP contribution is 2.29. The van der Waals surface area contributed by atoms with E-state index in [4.69, 9.17) is 0 Å². The molecule has 0 bridgehead atoms. The van der Waals surface area contributed by atoms with Crippen molar-refractivity contribution in [3.05, 3.63) is 33.3 Å². The fraction of sp³-hybridized carbons (Fsp3) is 0. The van der Waals surface area contributed by atoms with Gasteiger partial charge in [0, 0.05) is 16.1 Å². The summed E-state index contributed by atoms with van der Waals surface area (Å²) < 4.78 is 2.16. The Morgan fingerprint density at radius 1 is 1.09 bits per heavy atom. The van der Waals surface area contributed by atoms with Crippen LogP contribution in [0.4, 0.5) is 0 Å². The summed E-state index contributed by atoms with van der Waals surface area (Å²) in [5, 5.41) is 1.22. The normalized spacial score (nSPS) is 10.7. The zero-order chi connectivity index (χ0) is 7.84. The van der Waals surface area contributed by atoms with E-state index in [-0.39, 0.29) is 0 Å². The van der Waals surface area contributed by atoms with Gasteiger partial charge in [-0.2, -0.15) is 0 Å². The average molecular weight is 275 g/mol. The molecule has 1 N–H and O–H groups in total. The lowest BCUT2D eigenvalue weighted by molar-refractivity contribution is 1.46. The van der Waals surface area contributed by atoms with Crippen LogP contribution in [0.1, 0.15) is 0 Å². The van der Waals surface area contributed by atoms with E-state index in [0.29, 0.717) is 0 Å². The average Bonchev–Trinajstić information content (AvgIpc) is 2.45. The minimum Gasteiger partial charge on any atom is -0.360 e. The zero-order valence-electron chi connectivity index (χ0n) is 5.57. The number of aromatic nitrogens is 1. The van der Waals surface area contributed by atoms with E-state index in [1.54, 1.807) is 0 Å². The molecule has 0 aliphatic carbocycles. The molecule has 0 aliphatic heterocycles. The number of fused-ring (bicyclic) bond motifs is 1. The second-order valence-electron chi connectivity index (χ2n) is 2.30. The lowest BCUT2D eigenvalue weighted by atomic mass is 10.3. The molecule has 0 atom stereocenters. The van der Waals surface area contributed by atoms with Crippen LogP contribution in [0.5, 0.6) is 0 Å². The first kappa shape index (κ1) is 7.37. The minimum absolute atomic E-state index is 1.08. The summed E-state index contributed by atoms with van der Waals surface area (Å²) in [7, 11) is 0. The van der Waals surface area contributed by atoms with Crippen LogP contribution in [-0.2, 0) is 0 Å². The first-order valence-electron chi connectivity index (χ1n) is 3.20. The van der Waals surface area contributed by atoms with Crippen molar-refractivity contribution < 1.29 is 0 Å². The van der Waals surface area contributed by atoms with Crippen molar-refractivity contribution in [1.82, 2.24) is 4.98 Å². The predicted octanol–water partition coefficient (Wildman–Crippen LogP) is 3.69. The molecule has 0 saturated heterocycles. The third-order valence-corrected chi connectivity index (χ3v) is 3.63. The molecule has 3 heteroatoms. The SMILES string of the molecule is Brc1ccc2cc[nH]c2c1Br. The Morgan fingerprint density at radius 2 is 1.91 bits per heavy atom. The van der Waals surface area contributed by atoms with Crippen molar-refractivity contribution in [2.24, 2.45) is 0 Å². The van der Waals surface area contributed by atoms with Crippen LogP contribution < -0.4 is 0 Å². The van der Waals surface area contributed by atoms with Gasteiger partial charge in [-0.1, -0.05) is 6.07 Å².